The number of amides is 1. The van der Waals surface area contributed by atoms with Crippen molar-refractivity contribution in [3.63, 3.8) is 0 Å². The van der Waals surface area contributed by atoms with Gasteiger partial charge in [-0.2, -0.15) is 0 Å². The Labute approximate surface area is 101 Å². The smallest absolute Gasteiger partial charge is 0.253 e. The molecule has 4 heteroatoms. The highest BCUT2D eigenvalue weighted by Crippen LogP contribution is 2.35. The highest BCUT2D eigenvalue weighted by Gasteiger charge is 2.36. The van der Waals surface area contributed by atoms with Crippen molar-refractivity contribution >= 4 is 17.3 Å². The second kappa shape index (κ2) is 4.28. The summed E-state index contributed by atoms with van der Waals surface area (Å²) in [6, 6.07) is 5.00. The average Bonchev–Trinajstić information content (AvgIpc) is 2.23. The van der Waals surface area contributed by atoms with E-state index in [2.05, 4.69) is 12.2 Å². The van der Waals surface area contributed by atoms with Crippen molar-refractivity contribution in [3.8, 4) is 0 Å². The summed E-state index contributed by atoms with van der Waals surface area (Å²) in [6.07, 6.45) is 4.27. The molecule has 2 rings (SSSR count). The average molecular weight is 233 g/mol. The molecule has 0 unspecified atom stereocenters. The van der Waals surface area contributed by atoms with Crippen LogP contribution in [0, 0.1) is 0 Å². The summed E-state index contributed by atoms with van der Waals surface area (Å²) in [5, 5.41) is 3.10. The van der Waals surface area contributed by atoms with Gasteiger partial charge in [0.05, 0.1) is 5.56 Å². The predicted molar refractivity (Wildman–Crippen MR) is 69.6 cm³/mol. The molecule has 0 aromatic heterocycles. The standard InChI is InChI=1S/C13H19N3O/c1-2-13(6-3-7-13)16-12(17)10-5-4-9(14)8-11(10)15/h4-5,8H,2-3,6-7,14-15H2,1H3,(H,16,17). The molecule has 0 spiro atoms. The third kappa shape index (κ3) is 2.20. The first-order valence-electron chi connectivity index (χ1n) is 6.04. The summed E-state index contributed by atoms with van der Waals surface area (Å²) in [7, 11) is 0. The molecule has 1 aliphatic carbocycles. The van der Waals surface area contributed by atoms with Gasteiger partial charge in [0, 0.05) is 16.9 Å². The van der Waals surface area contributed by atoms with Gasteiger partial charge in [-0.15, -0.1) is 0 Å². The summed E-state index contributed by atoms with van der Waals surface area (Å²) < 4.78 is 0. The van der Waals surface area contributed by atoms with Crippen LogP contribution in [0.1, 0.15) is 43.0 Å². The Balaban J connectivity index is 2.14. The normalized spacial score (nSPS) is 17.2. The number of benzene rings is 1. The first-order valence-corrected chi connectivity index (χ1v) is 6.04. The molecule has 17 heavy (non-hydrogen) atoms. The van der Waals surface area contributed by atoms with E-state index in [-0.39, 0.29) is 11.4 Å². The van der Waals surface area contributed by atoms with Crippen molar-refractivity contribution in [2.75, 3.05) is 11.5 Å². The lowest BCUT2D eigenvalue weighted by Gasteiger charge is -2.42. The Hall–Kier alpha value is -1.71. The van der Waals surface area contributed by atoms with E-state index in [0.717, 1.165) is 19.3 Å². The Bertz CT molecular complexity index is 433. The largest absolute Gasteiger partial charge is 0.399 e. The van der Waals surface area contributed by atoms with Crippen molar-refractivity contribution in [2.24, 2.45) is 0 Å². The van der Waals surface area contributed by atoms with E-state index in [1.165, 1.54) is 6.42 Å². The maximum Gasteiger partial charge on any atom is 0.253 e. The number of hydrogen-bond acceptors (Lipinski definition) is 3. The van der Waals surface area contributed by atoms with Crippen molar-refractivity contribution in [2.45, 2.75) is 38.1 Å². The van der Waals surface area contributed by atoms with Gasteiger partial charge in [0.25, 0.3) is 5.91 Å². The molecule has 1 saturated carbocycles. The van der Waals surface area contributed by atoms with E-state index in [0.29, 0.717) is 16.9 Å². The molecule has 4 nitrogen and oxygen atoms in total. The number of carbonyl (C=O) groups is 1. The number of hydrogen-bond donors (Lipinski definition) is 3. The molecule has 0 radical (unpaired) electrons. The molecular formula is C13H19N3O. The molecule has 1 aromatic rings. The van der Waals surface area contributed by atoms with E-state index >= 15 is 0 Å². The number of nitrogens with one attached hydrogen (secondary N) is 1. The zero-order valence-electron chi connectivity index (χ0n) is 10.1. The van der Waals surface area contributed by atoms with Crippen LogP contribution in [0.3, 0.4) is 0 Å². The third-order valence-electron chi connectivity index (χ3n) is 3.69. The fourth-order valence-corrected chi connectivity index (χ4v) is 2.27. The minimum absolute atomic E-state index is 0.00902. The van der Waals surface area contributed by atoms with Gasteiger partial charge in [-0.3, -0.25) is 4.79 Å². The molecule has 1 aliphatic rings. The maximum absolute atomic E-state index is 12.1. The Kier molecular flexibility index (Phi) is 2.96. The van der Waals surface area contributed by atoms with E-state index in [1.54, 1.807) is 18.2 Å². The number of rotatable bonds is 3. The first-order chi connectivity index (χ1) is 8.06. The fourth-order valence-electron chi connectivity index (χ4n) is 2.27. The van der Waals surface area contributed by atoms with Gasteiger partial charge in [0.2, 0.25) is 0 Å². The van der Waals surface area contributed by atoms with Gasteiger partial charge >= 0.3 is 0 Å². The lowest BCUT2D eigenvalue weighted by atomic mass is 9.74. The fraction of sp³-hybridized carbons (Fsp3) is 0.462. The molecule has 1 aromatic carbocycles. The van der Waals surface area contributed by atoms with Gasteiger partial charge in [0.15, 0.2) is 0 Å². The van der Waals surface area contributed by atoms with Crippen molar-refractivity contribution in [3.05, 3.63) is 23.8 Å². The molecule has 1 amide bonds. The van der Waals surface area contributed by atoms with Gasteiger partial charge in [0.1, 0.15) is 0 Å². The van der Waals surface area contributed by atoms with Crippen LogP contribution in [0.15, 0.2) is 18.2 Å². The summed E-state index contributed by atoms with van der Waals surface area (Å²) in [4.78, 5) is 12.1. The van der Waals surface area contributed by atoms with Crippen molar-refractivity contribution in [1.29, 1.82) is 0 Å². The Morgan fingerprint density at radius 1 is 1.41 bits per heavy atom. The molecule has 0 saturated heterocycles. The van der Waals surface area contributed by atoms with Crippen LogP contribution in [-0.2, 0) is 0 Å². The van der Waals surface area contributed by atoms with Gasteiger partial charge in [-0.05, 0) is 43.9 Å². The van der Waals surface area contributed by atoms with E-state index < -0.39 is 0 Å². The van der Waals surface area contributed by atoms with E-state index in [4.69, 9.17) is 11.5 Å². The summed E-state index contributed by atoms with van der Waals surface area (Å²) >= 11 is 0. The SMILES string of the molecule is CCC1(NC(=O)c2ccc(N)cc2N)CCC1. The second-order valence-electron chi connectivity index (χ2n) is 4.79. The zero-order chi connectivity index (χ0) is 12.5. The van der Waals surface area contributed by atoms with Crippen LogP contribution >= 0.6 is 0 Å². The second-order valence-corrected chi connectivity index (χ2v) is 4.79. The molecular weight excluding hydrogens is 214 g/mol. The summed E-state index contributed by atoms with van der Waals surface area (Å²) in [5.74, 6) is -0.0935. The number of anilines is 2. The van der Waals surface area contributed by atoms with Crippen LogP contribution in [-0.4, -0.2) is 11.4 Å². The topological polar surface area (TPSA) is 81.1 Å². The number of carbonyl (C=O) groups excluding carboxylic acids is 1. The Morgan fingerprint density at radius 2 is 2.12 bits per heavy atom. The third-order valence-corrected chi connectivity index (χ3v) is 3.69. The molecule has 0 bridgehead atoms. The predicted octanol–water partition coefficient (Wildman–Crippen LogP) is 1.91. The van der Waals surface area contributed by atoms with Crippen LogP contribution in [0.4, 0.5) is 11.4 Å². The quantitative estimate of drug-likeness (QED) is 0.697. The molecule has 0 atom stereocenters. The van der Waals surface area contributed by atoms with Gasteiger partial charge < -0.3 is 16.8 Å². The summed E-state index contributed by atoms with van der Waals surface area (Å²) in [5.41, 5.74) is 12.9. The summed E-state index contributed by atoms with van der Waals surface area (Å²) in [6.45, 7) is 2.10. The van der Waals surface area contributed by atoms with Crippen molar-refractivity contribution in [1.82, 2.24) is 5.32 Å². The maximum atomic E-state index is 12.1. The lowest BCUT2D eigenvalue weighted by molar-refractivity contribution is 0.0821. The first kappa shape index (κ1) is 11.8. The molecule has 1 fully saturated rings. The lowest BCUT2D eigenvalue weighted by Crippen LogP contribution is -2.53. The van der Waals surface area contributed by atoms with Crippen LogP contribution < -0.4 is 16.8 Å². The molecule has 5 N–H and O–H groups in total. The number of nitrogens with two attached hydrogens (primary N) is 2. The zero-order valence-corrected chi connectivity index (χ0v) is 10.1. The van der Waals surface area contributed by atoms with Gasteiger partial charge in [-0.1, -0.05) is 6.92 Å². The van der Waals surface area contributed by atoms with Crippen LogP contribution in [0.25, 0.3) is 0 Å². The molecule has 0 aliphatic heterocycles. The van der Waals surface area contributed by atoms with Gasteiger partial charge in [-0.25, -0.2) is 0 Å². The number of nitrogen functional groups attached to an aromatic ring is 2. The minimum Gasteiger partial charge on any atom is -0.399 e. The van der Waals surface area contributed by atoms with Crippen LogP contribution in [0.5, 0.6) is 0 Å². The molecule has 92 valence electrons. The highest BCUT2D eigenvalue weighted by atomic mass is 16.1. The van der Waals surface area contributed by atoms with E-state index in [1.807, 2.05) is 0 Å². The highest BCUT2D eigenvalue weighted by molar-refractivity contribution is 6.00. The van der Waals surface area contributed by atoms with Crippen LogP contribution in [0.2, 0.25) is 0 Å². The van der Waals surface area contributed by atoms with Crippen molar-refractivity contribution < 1.29 is 4.79 Å². The minimum atomic E-state index is -0.0935. The monoisotopic (exact) mass is 233 g/mol. The van der Waals surface area contributed by atoms with E-state index in [9.17, 15) is 4.79 Å². The Morgan fingerprint density at radius 3 is 2.59 bits per heavy atom. The molecule has 0 heterocycles.